The summed E-state index contributed by atoms with van der Waals surface area (Å²) in [5.74, 6) is 1.27. The van der Waals surface area contributed by atoms with Gasteiger partial charge < -0.3 is 10.5 Å². The van der Waals surface area contributed by atoms with Crippen LogP contribution in [-0.4, -0.2) is 5.78 Å². The van der Waals surface area contributed by atoms with E-state index in [1.54, 1.807) is 0 Å². The molecule has 1 heterocycles. The summed E-state index contributed by atoms with van der Waals surface area (Å²) in [6.07, 6.45) is 6.96. The summed E-state index contributed by atoms with van der Waals surface area (Å²) < 4.78 is 5.71. The Bertz CT molecular complexity index is 601. The Morgan fingerprint density at radius 1 is 1.23 bits per heavy atom. The van der Waals surface area contributed by atoms with Gasteiger partial charge in [-0.15, -0.1) is 0 Å². The average molecular weight is 300 g/mol. The number of nitrogens with two attached hydrogens (primary N) is 1. The zero-order valence-corrected chi connectivity index (χ0v) is 13.4. The molecule has 22 heavy (non-hydrogen) atoms. The van der Waals surface area contributed by atoms with E-state index in [0.717, 1.165) is 24.8 Å². The normalized spacial score (nSPS) is 29.0. The van der Waals surface area contributed by atoms with Crippen molar-refractivity contribution in [3.63, 3.8) is 0 Å². The van der Waals surface area contributed by atoms with E-state index < -0.39 is 0 Å². The van der Waals surface area contributed by atoms with Crippen LogP contribution in [0.2, 0.25) is 0 Å². The van der Waals surface area contributed by atoms with Crippen molar-refractivity contribution in [2.75, 3.05) is 0 Å². The van der Waals surface area contributed by atoms with Crippen molar-refractivity contribution < 1.29 is 9.53 Å². The molecule has 0 aromatic heterocycles. The molecule has 1 unspecified atom stereocenters. The second-order valence-electron chi connectivity index (χ2n) is 7.65. The molecule has 4 nitrogen and oxygen atoms in total. The van der Waals surface area contributed by atoms with E-state index in [2.05, 4.69) is 19.9 Å². The van der Waals surface area contributed by atoms with Crippen molar-refractivity contribution in [2.24, 2.45) is 23.0 Å². The molecule has 3 aliphatic rings. The standard InChI is InChI=1S/C18H24N2O2/c1-18(2)8-13(21)16-14(9-18)22-17(20)12(10-19)15(16)11-6-4-3-5-7-11/h11,15H,3-9,20H2,1-2H3. The van der Waals surface area contributed by atoms with E-state index in [4.69, 9.17) is 10.5 Å². The van der Waals surface area contributed by atoms with Crippen LogP contribution < -0.4 is 5.73 Å². The van der Waals surface area contributed by atoms with Crippen molar-refractivity contribution in [3.8, 4) is 6.07 Å². The minimum absolute atomic E-state index is 0.0997. The molecule has 0 bridgehead atoms. The van der Waals surface area contributed by atoms with Crippen LogP contribution in [0.4, 0.5) is 0 Å². The van der Waals surface area contributed by atoms with Crippen molar-refractivity contribution in [2.45, 2.75) is 58.8 Å². The van der Waals surface area contributed by atoms with Crippen LogP contribution in [0.3, 0.4) is 0 Å². The molecular formula is C18H24N2O2. The Morgan fingerprint density at radius 2 is 1.91 bits per heavy atom. The maximum absolute atomic E-state index is 12.8. The third-order valence-corrected chi connectivity index (χ3v) is 5.24. The minimum Gasteiger partial charge on any atom is -0.444 e. The number of rotatable bonds is 1. The Labute approximate surface area is 132 Å². The highest BCUT2D eigenvalue weighted by atomic mass is 16.5. The quantitative estimate of drug-likeness (QED) is 0.803. The first-order chi connectivity index (χ1) is 10.4. The zero-order valence-electron chi connectivity index (χ0n) is 13.4. The number of ether oxygens (including phenoxy) is 1. The molecule has 118 valence electrons. The Hall–Kier alpha value is -1.76. The predicted octanol–water partition coefficient (Wildman–Crippen LogP) is 3.55. The number of allylic oxidation sites excluding steroid dienone is 3. The number of carbonyl (C=O) groups excluding carboxylic acids is 1. The fourth-order valence-corrected chi connectivity index (χ4v) is 4.26. The van der Waals surface area contributed by atoms with E-state index in [1.807, 2.05) is 0 Å². The molecule has 0 saturated heterocycles. The van der Waals surface area contributed by atoms with Crippen LogP contribution in [0.25, 0.3) is 0 Å². The minimum atomic E-state index is -0.141. The van der Waals surface area contributed by atoms with Crippen LogP contribution in [-0.2, 0) is 9.53 Å². The van der Waals surface area contributed by atoms with Crippen molar-refractivity contribution in [3.05, 3.63) is 22.8 Å². The number of nitriles is 1. The lowest BCUT2D eigenvalue weighted by Gasteiger charge is -2.40. The highest BCUT2D eigenvalue weighted by Gasteiger charge is 2.45. The SMILES string of the molecule is CC1(C)CC(=O)C2=C(C1)OC(N)=C(C#N)C2C1CCCCC1. The van der Waals surface area contributed by atoms with E-state index in [9.17, 15) is 10.1 Å². The summed E-state index contributed by atoms with van der Waals surface area (Å²) in [6, 6.07) is 2.22. The summed E-state index contributed by atoms with van der Waals surface area (Å²) in [6.45, 7) is 4.15. The van der Waals surface area contributed by atoms with Gasteiger partial charge in [-0.25, -0.2) is 0 Å². The molecule has 2 aliphatic carbocycles. The average Bonchev–Trinajstić information content (AvgIpc) is 2.45. The molecule has 1 fully saturated rings. The lowest BCUT2D eigenvalue weighted by Crippen LogP contribution is -2.37. The van der Waals surface area contributed by atoms with Gasteiger partial charge in [-0.05, 0) is 24.2 Å². The van der Waals surface area contributed by atoms with Crippen LogP contribution in [0.1, 0.15) is 58.8 Å². The van der Waals surface area contributed by atoms with E-state index in [1.165, 1.54) is 19.3 Å². The molecule has 1 aliphatic heterocycles. The molecule has 0 amide bonds. The molecular weight excluding hydrogens is 276 g/mol. The molecule has 3 rings (SSSR count). The zero-order chi connectivity index (χ0) is 15.9. The molecule has 0 aromatic rings. The smallest absolute Gasteiger partial charge is 0.204 e. The molecule has 2 N–H and O–H groups in total. The van der Waals surface area contributed by atoms with Gasteiger partial charge in [-0.3, -0.25) is 4.79 Å². The van der Waals surface area contributed by atoms with Crippen LogP contribution in [0.5, 0.6) is 0 Å². The van der Waals surface area contributed by atoms with Gasteiger partial charge in [0.05, 0.1) is 5.57 Å². The second kappa shape index (κ2) is 5.46. The highest BCUT2D eigenvalue weighted by molar-refractivity contribution is 5.98. The summed E-state index contributed by atoms with van der Waals surface area (Å²) >= 11 is 0. The summed E-state index contributed by atoms with van der Waals surface area (Å²) in [5, 5.41) is 9.54. The fraction of sp³-hybridized carbons (Fsp3) is 0.667. The van der Waals surface area contributed by atoms with Gasteiger partial charge in [0.25, 0.3) is 0 Å². The van der Waals surface area contributed by atoms with Crippen molar-refractivity contribution in [1.29, 1.82) is 5.26 Å². The highest BCUT2D eigenvalue weighted by Crippen LogP contribution is 2.48. The lowest BCUT2D eigenvalue weighted by molar-refractivity contribution is -0.119. The summed E-state index contributed by atoms with van der Waals surface area (Å²) in [7, 11) is 0. The fourth-order valence-electron chi connectivity index (χ4n) is 4.26. The number of nitrogens with zero attached hydrogens (tertiary/aromatic N) is 1. The van der Waals surface area contributed by atoms with E-state index >= 15 is 0 Å². The third kappa shape index (κ3) is 2.54. The molecule has 0 aromatic carbocycles. The first-order valence-corrected chi connectivity index (χ1v) is 8.27. The van der Waals surface area contributed by atoms with Crippen molar-refractivity contribution >= 4 is 5.78 Å². The van der Waals surface area contributed by atoms with Gasteiger partial charge in [-0.1, -0.05) is 33.1 Å². The third-order valence-electron chi connectivity index (χ3n) is 5.24. The number of hydrogen-bond acceptors (Lipinski definition) is 4. The summed E-state index contributed by atoms with van der Waals surface area (Å²) in [5.41, 5.74) is 7.14. The topological polar surface area (TPSA) is 76.1 Å². The lowest BCUT2D eigenvalue weighted by atomic mass is 9.66. The first-order valence-electron chi connectivity index (χ1n) is 8.27. The number of carbonyl (C=O) groups is 1. The number of hydrogen-bond donors (Lipinski definition) is 1. The van der Waals surface area contributed by atoms with Gasteiger partial charge in [0, 0.05) is 24.3 Å². The maximum Gasteiger partial charge on any atom is 0.204 e. The van der Waals surface area contributed by atoms with Gasteiger partial charge in [-0.2, -0.15) is 5.26 Å². The monoisotopic (exact) mass is 300 g/mol. The largest absolute Gasteiger partial charge is 0.444 e. The van der Waals surface area contributed by atoms with Gasteiger partial charge in [0.2, 0.25) is 5.88 Å². The van der Waals surface area contributed by atoms with Crippen molar-refractivity contribution in [1.82, 2.24) is 0 Å². The molecule has 4 heteroatoms. The van der Waals surface area contributed by atoms with Crippen LogP contribution in [0, 0.1) is 28.6 Å². The van der Waals surface area contributed by atoms with Crippen LogP contribution >= 0.6 is 0 Å². The van der Waals surface area contributed by atoms with E-state index in [-0.39, 0.29) is 23.0 Å². The second-order valence-corrected chi connectivity index (χ2v) is 7.65. The predicted molar refractivity (Wildman–Crippen MR) is 83.0 cm³/mol. The van der Waals surface area contributed by atoms with Gasteiger partial charge in [0.1, 0.15) is 11.8 Å². The molecule has 0 spiro atoms. The van der Waals surface area contributed by atoms with E-state index in [0.29, 0.717) is 23.7 Å². The van der Waals surface area contributed by atoms with Gasteiger partial charge in [0.15, 0.2) is 5.78 Å². The Morgan fingerprint density at radius 3 is 2.55 bits per heavy atom. The Balaban J connectivity index is 2.04. The van der Waals surface area contributed by atoms with Crippen LogP contribution in [0.15, 0.2) is 22.8 Å². The molecule has 1 atom stereocenters. The maximum atomic E-state index is 12.8. The van der Waals surface area contributed by atoms with Gasteiger partial charge >= 0.3 is 0 Å². The number of ketones is 1. The molecule has 1 saturated carbocycles. The summed E-state index contributed by atoms with van der Waals surface area (Å²) in [4.78, 5) is 12.8. The molecule has 0 radical (unpaired) electrons. The number of Topliss-reactive ketones (excluding diaryl/α,β-unsaturated/α-hetero) is 1. The Kier molecular flexibility index (Phi) is 3.76. The first kappa shape index (κ1) is 15.1.